The zero-order valence-electron chi connectivity index (χ0n) is 15.2. The minimum absolute atomic E-state index is 0.194. The van der Waals surface area contributed by atoms with Crippen molar-refractivity contribution in [2.75, 3.05) is 0 Å². The third-order valence-corrected chi connectivity index (χ3v) is 4.30. The topological polar surface area (TPSA) is 63.6 Å². The van der Waals surface area contributed by atoms with Gasteiger partial charge in [0.05, 0.1) is 0 Å². The summed E-state index contributed by atoms with van der Waals surface area (Å²) in [7, 11) is 0. The fraction of sp³-hybridized carbons (Fsp3) is 0.0909. The van der Waals surface area contributed by atoms with E-state index in [2.05, 4.69) is 0 Å². The molecule has 0 unspecified atom stereocenters. The maximum atomic E-state index is 14.0. The van der Waals surface area contributed by atoms with Crippen LogP contribution in [0.1, 0.15) is 0 Å². The van der Waals surface area contributed by atoms with E-state index in [1.807, 2.05) is 0 Å². The first-order valence-electron chi connectivity index (χ1n) is 8.61. The van der Waals surface area contributed by atoms with E-state index in [4.69, 9.17) is 9.84 Å². The molecule has 154 valence electrons. The Morgan fingerprint density at radius 3 is 1.50 bits per heavy atom. The van der Waals surface area contributed by atoms with Gasteiger partial charge in [-0.3, -0.25) is 0 Å². The van der Waals surface area contributed by atoms with Crippen LogP contribution in [0.2, 0.25) is 0 Å². The molecule has 0 atom stereocenters. The predicted octanol–water partition coefficient (Wildman–Crippen LogP) is 5.28. The van der Waals surface area contributed by atoms with Crippen molar-refractivity contribution in [1.82, 2.24) is 0 Å². The van der Waals surface area contributed by atoms with Gasteiger partial charge in [-0.1, -0.05) is 78.9 Å². The first-order valence-corrected chi connectivity index (χ1v) is 8.61. The number of benzene rings is 3. The lowest BCUT2D eigenvalue weighted by molar-refractivity contribution is -0.229. The summed E-state index contributed by atoms with van der Waals surface area (Å²) < 4.78 is 59.7. The number of hydrogen-bond donors (Lipinski definition) is 1. The van der Waals surface area contributed by atoms with Crippen molar-refractivity contribution in [3.63, 3.8) is 0 Å². The number of ether oxygens (including phenoxy) is 1. The highest BCUT2D eigenvalue weighted by Crippen LogP contribution is 2.42. The number of carboxylic acid groups (broad SMARTS) is 1. The molecule has 0 saturated carbocycles. The molecule has 0 fully saturated rings. The number of alkyl halides is 4. The maximum absolute atomic E-state index is 14.0. The summed E-state index contributed by atoms with van der Waals surface area (Å²) in [5, 5.41) is 8.42. The molecule has 0 spiro atoms. The van der Waals surface area contributed by atoms with Crippen molar-refractivity contribution < 1.29 is 37.0 Å². The molecule has 0 radical (unpaired) electrons. The predicted molar refractivity (Wildman–Crippen MR) is 100 cm³/mol. The van der Waals surface area contributed by atoms with Gasteiger partial charge < -0.3 is 9.84 Å². The van der Waals surface area contributed by atoms with Gasteiger partial charge in [0.25, 0.3) is 0 Å². The van der Waals surface area contributed by atoms with Crippen molar-refractivity contribution in [2.24, 2.45) is 0 Å². The average molecular weight is 418 g/mol. The Balaban J connectivity index is 2.15. The van der Waals surface area contributed by atoms with E-state index in [0.717, 1.165) is 0 Å². The Hall–Kier alpha value is -3.68. The Kier molecular flexibility index (Phi) is 5.60. The molecule has 8 heteroatoms. The van der Waals surface area contributed by atoms with E-state index >= 15 is 0 Å². The molecule has 0 aliphatic heterocycles. The lowest BCUT2D eigenvalue weighted by Gasteiger charge is -2.22. The van der Waals surface area contributed by atoms with Crippen LogP contribution in [0.15, 0.2) is 78.9 Å². The zero-order valence-corrected chi connectivity index (χ0v) is 15.2. The van der Waals surface area contributed by atoms with Gasteiger partial charge in [0, 0.05) is 11.1 Å². The van der Waals surface area contributed by atoms with Crippen molar-refractivity contribution in [3.05, 3.63) is 78.9 Å². The van der Waals surface area contributed by atoms with Gasteiger partial charge in [-0.2, -0.15) is 17.6 Å². The van der Waals surface area contributed by atoms with Crippen LogP contribution in [0.4, 0.5) is 17.6 Å². The first kappa shape index (κ1) is 21.0. The third-order valence-electron chi connectivity index (χ3n) is 4.30. The molecule has 0 aliphatic rings. The van der Waals surface area contributed by atoms with Crippen LogP contribution in [0.3, 0.4) is 0 Å². The monoisotopic (exact) mass is 418 g/mol. The van der Waals surface area contributed by atoms with Gasteiger partial charge in [0.15, 0.2) is 0 Å². The number of carboxylic acids is 1. The van der Waals surface area contributed by atoms with Gasteiger partial charge in [0.1, 0.15) is 5.75 Å². The molecule has 0 heterocycles. The molecule has 1 N–H and O–H groups in total. The molecule has 30 heavy (non-hydrogen) atoms. The average Bonchev–Trinajstić information content (AvgIpc) is 2.74. The first-order chi connectivity index (χ1) is 14.2. The summed E-state index contributed by atoms with van der Waals surface area (Å²) in [6.07, 6.45) is 0. The number of rotatable bonds is 6. The van der Waals surface area contributed by atoms with E-state index in [1.165, 1.54) is 12.1 Å². The fourth-order valence-electron chi connectivity index (χ4n) is 2.76. The lowest BCUT2D eigenvalue weighted by atomic mass is 9.97. The normalized spacial score (nSPS) is 11.7. The summed E-state index contributed by atoms with van der Waals surface area (Å²) in [6.45, 7) is 0. The van der Waals surface area contributed by atoms with Gasteiger partial charge in [0.2, 0.25) is 0 Å². The highest BCUT2D eigenvalue weighted by molar-refractivity contribution is 5.93. The summed E-state index contributed by atoms with van der Waals surface area (Å²) in [5.41, 5.74) is 1.34. The molecule has 3 rings (SSSR count). The molecular weight excluding hydrogens is 404 g/mol. The van der Waals surface area contributed by atoms with E-state index in [1.54, 1.807) is 66.7 Å². The van der Waals surface area contributed by atoms with Crippen LogP contribution in [0, 0.1) is 0 Å². The van der Waals surface area contributed by atoms with Crippen molar-refractivity contribution in [3.8, 4) is 28.0 Å². The highest BCUT2D eigenvalue weighted by atomic mass is 19.3. The molecular formula is C22H14F4O4. The number of aliphatic carboxylic acids is 1. The van der Waals surface area contributed by atoms with E-state index in [-0.39, 0.29) is 16.9 Å². The number of esters is 1. The highest BCUT2D eigenvalue weighted by Gasteiger charge is 2.69. The molecule has 3 aromatic carbocycles. The summed E-state index contributed by atoms with van der Waals surface area (Å²) in [4.78, 5) is 22.6. The second-order valence-electron chi connectivity index (χ2n) is 6.26. The number of carbonyl (C=O) groups is 2. The Labute approximate surface area is 168 Å². The molecule has 0 aliphatic carbocycles. The molecule has 0 amide bonds. The quantitative estimate of drug-likeness (QED) is 0.336. The summed E-state index contributed by atoms with van der Waals surface area (Å²) in [5.74, 6) is -17.4. The fourth-order valence-corrected chi connectivity index (χ4v) is 2.76. The second-order valence-corrected chi connectivity index (χ2v) is 6.26. The molecule has 4 nitrogen and oxygen atoms in total. The molecule has 3 aromatic rings. The standard InChI is InChI=1S/C22H14F4O4/c23-21(24,19(27)28)22(25,26)20(29)30-18-16(14-8-3-1-4-9-14)12-7-13-17(18)15-10-5-2-6-11-15/h1-13H,(H,27,28). The van der Waals surface area contributed by atoms with Crippen LogP contribution in [-0.4, -0.2) is 28.9 Å². The van der Waals surface area contributed by atoms with Crippen LogP contribution in [-0.2, 0) is 9.59 Å². The maximum Gasteiger partial charge on any atom is 0.416 e. The zero-order chi connectivity index (χ0) is 21.9. The van der Waals surface area contributed by atoms with E-state index in [0.29, 0.717) is 11.1 Å². The second kappa shape index (κ2) is 7.98. The van der Waals surface area contributed by atoms with Crippen molar-refractivity contribution in [2.45, 2.75) is 11.8 Å². The van der Waals surface area contributed by atoms with Gasteiger partial charge in [-0.05, 0) is 11.1 Å². The molecule has 0 aromatic heterocycles. The van der Waals surface area contributed by atoms with Crippen molar-refractivity contribution >= 4 is 11.9 Å². The van der Waals surface area contributed by atoms with Crippen molar-refractivity contribution in [1.29, 1.82) is 0 Å². The van der Waals surface area contributed by atoms with Gasteiger partial charge in [-0.25, -0.2) is 9.59 Å². The Morgan fingerprint density at radius 1 is 0.667 bits per heavy atom. The van der Waals surface area contributed by atoms with E-state index < -0.39 is 23.8 Å². The van der Waals surface area contributed by atoms with Crippen LogP contribution in [0.25, 0.3) is 22.3 Å². The van der Waals surface area contributed by atoms with Gasteiger partial charge in [-0.15, -0.1) is 0 Å². The van der Waals surface area contributed by atoms with E-state index in [9.17, 15) is 27.2 Å². The minimum atomic E-state index is -5.64. The van der Waals surface area contributed by atoms with Crippen LogP contribution < -0.4 is 4.74 Å². The van der Waals surface area contributed by atoms with Crippen LogP contribution in [0.5, 0.6) is 5.75 Å². The van der Waals surface area contributed by atoms with Crippen LogP contribution >= 0.6 is 0 Å². The van der Waals surface area contributed by atoms with Gasteiger partial charge >= 0.3 is 23.8 Å². The molecule has 0 saturated heterocycles. The smallest absolute Gasteiger partial charge is 0.416 e. The number of para-hydroxylation sites is 1. The Bertz CT molecular complexity index is 1010. The SMILES string of the molecule is O=C(O)C(F)(F)C(F)(F)C(=O)Oc1c(-c2ccccc2)cccc1-c1ccccc1. The number of carbonyl (C=O) groups excluding carboxylic acids is 1. The summed E-state index contributed by atoms with van der Waals surface area (Å²) >= 11 is 0. The lowest BCUT2D eigenvalue weighted by Crippen LogP contribution is -2.53. The number of halogens is 4. The summed E-state index contributed by atoms with van der Waals surface area (Å²) in [6, 6.07) is 21.0. The number of hydrogen-bond acceptors (Lipinski definition) is 3. The molecule has 0 bridgehead atoms. The minimum Gasteiger partial charge on any atom is -0.477 e. The largest absolute Gasteiger partial charge is 0.477 e. The Morgan fingerprint density at radius 2 is 1.10 bits per heavy atom. The third kappa shape index (κ3) is 3.76.